The van der Waals surface area contributed by atoms with Gasteiger partial charge >= 0.3 is 0 Å². The third-order valence-electron chi connectivity index (χ3n) is 4.81. The molecule has 0 radical (unpaired) electrons. The van der Waals surface area contributed by atoms with Crippen molar-refractivity contribution in [1.82, 2.24) is 14.9 Å². The van der Waals surface area contributed by atoms with Gasteiger partial charge in [0.15, 0.2) is 5.16 Å². The normalized spacial score (nSPS) is 12.3. The highest BCUT2D eigenvalue weighted by atomic mass is 32.2. The van der Waals surface area contributed by atoms with Gasteiger partial charge in [-0.3, -0.25) is 14.2 Å². The van der Waals surface area contributed by atoms with E-state index in [0.717, 1.165) is 20.8 Å². The molecule has 0 fully saturated rings. The predicted molar refractivity (Wildman–Crippen MR) is 117 cm³/mol. The molecule has 1 N–H and O–H groups in total. The van der Waals surface area contributed by atoms with Gasteiger partial charge in [0.2, 0.25) is 5.91 Å². The molecule has 0 unspecified atom stereocenters. The number of aromatic nitrogens is 2. The fourth-order valence-electron chi connectivity index (χ4n) is 2.93. The standard InChI is InChI=1S/C21H25N3O2S2/c1-6-24-20(26)17-13(3)14(4)27-19(17)23-21(24)28-15(5)18(25)22-11-16-9-7-12(2)8-10-16/h7-10,15H,6,11H2,1-5H3,(H,22,25)/t15-/m1/s1. The highest BCUT2D eigenvalue weighted by Gasteiger charge is 2.20. The molecule has 1 aromatic carbocycles. The lowest BCUT2D eigenvalue weighted by Gasteiger charge is -2.15. The first kappa shape index (κ1) is 20.6. The molecule has 0 aliphatic rings. The fourth-order valence-corrected chi connectivity index (χ4v) is 5.00. The van der Waals surface area contributed by atoms with Gasteiger partial charge < -0.3 is 5.32 Å². The maximum absolute atomic E-state index is 12.9. The zero-order valence-electron chi connectivity index (χ0n) is 16.8. The lowest BCUT2D eigenvalue weighted by atomic mass is 10.1. The molecule has 0 aliphatic carbocycles. The van der Waals surface area contributed by atoms with Crippen molar-refractivity contribution >= 4 is 39.2 Å². The second-order valence-electron chi connectivity index (χ2n) is 6.87. The second-order valence-corrected chi connectivity index (χ2v) is 9.38. The molecule has 0 spiro atoms. The Morgan fingerprint density at radius 1 is 1.25 bits per heavy atom. The molecule has 1 amide bonds. The molecular formula is C21H25N3O2S2. The third-order valence-corrected chi connectivity index (χ3v) is 7.00. The van der Waals surface area contributed by atoms with Crippen LogP contribution in [0.1, 0.15) is 35.4 Å². The lowest BCUT2D eigenvalue weighted by molar-refractivity contribution is -0.120. The summed E-state index contributed by atoms with van der Waals surface area (Å²) in [6.45, 7) is 10.8. The molecule has 2 aromatic heterocycles. The summed E-state index contributed by atoms with van der Waals surface area (Å²) in [4.78, 5) is 32.0. The van der Waals surface area contributed by atoms with Crippen LogP contribution in [0.2, 0.25) is 0 Å². The van der Waals surface area contributed by atoms with E-state index in [-0.39, 0.29) is 16.7 Å². The van der Waals surface area contributed by atoms with Gasteiger partial charge in [-0.2, -0.15) is 0 Å². The average Bonchev–Trinajstić information content (AvgIpc) is 2.95. The number of thiophene rings is 1. The summed E-state index contributed by atoms with van der Waals surface area (Å²) in [5.74, 6) is -0.0684. The van der Waals surface area contributed by atoms with Crippen molar-refractivity contribution in [2.24, 2.45) is 0 Å². The zero-order chi connectivity index (χ0) is 20.4. The number of fused-ring (bicyclic) bond motifs is 1. The van der Waals surface area contributed by atoms with E-state index in [1.807, 2.05) is 58.9 Å². The maximum Gasteiger partial charge on any atom is 0.263 e. The highest BCUT2D eigenvalue weighted by molar-refractivity contribution is 8.00. The summed E-state index contributed by atoms with van der Waals surface area (Å²) in [7, 11) is 0. The summed E-state index contributed by atoms with van der Waals surface area (Å²) in [6, 6.07) is 8.09. The van der Waals surface area contributed by atoms with Crippen molar-refractivity contribution in [3.8, 4) is 0 Å². The van der Waals surface area contributed by atoms with Crippen molar-refractivity contribution in [3.63, 3.8) is 0 Å². The van der Waals surface area contributed by atoms with Crippen LogP contribution in [0, 0.1) is 20.8 Å². The SMILES string of the molecule is CCn1c(S[C@H](C)C(=O)NCc2ccc(C)cc2)nc2sc(C)c(C)c2c1=O. The molecule has 1 atom stereocenters. The average molecular weight is 416 g/mol. The Kier molecular flexibility index (Phi) is 6.25. The monoisotopic (exact) mass is 415 g/mol. The number of hydrogen-bond acceptors (Lipinski definition) is 5. The maximum atomic E-state index is 12.9. The molecular weight excluding hydrogens is 390 g/mol. The summed E-state index contributed by atoms with van der Waals surface area (Å²) in [5, 5.41) is 3.91. The van der Waals surface area contributed by atoms with Crippen LogP contribution in [-0.2, 0) is 17.9 Å². The van der Waals surface area contributed by atoms with Crippen molar-refractivity contribution in [2.75, 3.05) is 0 Å². The number of rotatable bonds is 6. The number of carbonyl (C=O) groups is 1. The van der Waals surface area contributed by atoms with Crippen LogP contribution >= 0.6 is 23.1 Å². The van der Waals surface area contributed by atoms with Gasteiger partial charge in [0.1, 0.15) is 4.83 Å². The summed E-state index contributed by atoms with van der Waals surface area (Å²) >= 11 is 2.86. The molecule has 148 valence electrons. The highest BCUT2D eigenvalue weighted by Crippen LogP contribution is 2.29. The number of nitrogens with one attached hydrogen (secondary N) is 1. The molecule has 7 heteroatoms. The number of benzene rings is 1. The third kappa shape index (κ3) is 4.15. The summed E-state index contributed by atoms with van der Waals surface area (Å²) in [6.07, 6.45) is 0. The first-order valence-electron chi connectivity index (χ1n) is 9.32. The predicted octanol–water partition coefficient (Wildman–Crippen LogP) is 4.20. The topological polar surface area (TPSA) is 64.0 Å². The molecule has 0 bridgehead atoms. The smallest absolute Gasteiger partial charge is 0.263 e. The molecule has 3 aromatic rings. The minimum atomic E-state index is -0.352. The second kappa shape index (κ2) is 8.49. The van der Waals surface area contributed by atoms with Gasteiger partial charge in [-0.1, -0.05) is 41.6 Å². The Morgan fingerprint density at radius 3 is 2.57 bits per heavy atom. The Bertz CT molecular complexity index is 1070. The van der Waals surface area contributed by atoms with Crippen LogP contribution in [0.5, 0.6) is 0 Å². The lowest BCUT2D eigenvalue weighted by Crippen LogP contribution is -2.31. The van der Waals surface area contributed by atoms with Gasteiger partial charge in [0.05, 0.1) is 10.6 Å². The van der Waals surface area contributed by atoms with E-state index in [0.29, 0.717) is 23.6 Å². The first-order valence-corrected chi connectivity index (χ1v) is 11.0. The Labute approximate surface area is 173 Å². The van der Waals surface area contributed by atoms with E-state index in [2.05, 4.69) is 5.32 Å². The van der Waals surface area contributed by atoms with Crippen molar-refractivity contribution in [3.05, 3.63) is 56.2 Å². The first-order chi connectivity index (χ1) is 13.3. The van der Waals surface area contributed by atoms with E-state index in [4.69, 9.17) is 4.98 Å². The molecule has 0 saturated carbocycles. The van der Waals surface area contributed by atoms with E-state index >= 15 is 0 Å². The minimum absolute atomic E-state index is 0.0240. The number of aryl methyl sites for hydroxylation is 3. The van der Waals surface area contributed by atoms with Crippen LogP contribution < -0.4 is 10.9 Å². The quantitative estimate of drug-likeness (QED) is 0.484. The van der Waals surface area contributed by atoms with Gasteiger partial charge in [-0.25, -0.2) is 4.98 Å². The van der Waals surface area contributed by atoms with Crippen LogP contribution in [0.25, 0.3) is 10.2 Å². The Hall–Kier alpha value is -2.12. The molecule has 2 heterocycles. The minimum Gasteiger partial charge on any atom is -0.351 e. The molecule has 28 heavy (non-hydrogen) atoms. The molecule has 5 nitrogen and oxygen atoms in total. The van der Waals surface area contributed by atoms with Gasteiger partial charge in [-0.15, -0.1) is 11.3 Å². The van der Waals surface area contributed by atoms with Crippen molar-refractivity contribution in [2.45, 2.75) is 58.1 Å². The van der Waals surface area contributed by atoms with Gasteiger partial charge in [-0.05, 0) is 45.7 Å². The molecule has 0 saturated heterocycles. The Balaban J connectivity index is 1.78. The zero-order valence-corrected chi connectivity index (χ0v) is 18.5. The Morgan fingerprint density at radius 2 is 1.93 bits per heavy atom. The summed E-state index contributed by atoms with van der Waals surface area (Å²) in [5.41, 5.74) is 3.23. The van der Waals surface area contributed by atoms with E-state index in [9.17, 15) is 9.59 Å². The van der Waals surface area contributed by atoms with Crippen LogP contribution in [0.4, 0.5) is 0 Å². The number of thioether (sulfide) groups is 1. The molecule has 3 rings (SSSR count). The number of nitrogens with zero attached hydrogens (tertiary/aromatic N) is 2. The largest absolute Gasteiger partial charge is 0.351 e. The van der Waals surface area contributed by atoms with Gasteiger partial charge in [0.25, 0.3) is 5.56 Å². The van der Waals surface area contributed by atoms with Crippen LogP contribution in [-0.4, -0.2) is 20.7 Å². The van der Waals surface area contributed by atoms with Crippen molar-refractivity contribution < 1.29 is 4.79 Å². The van der Waals surface area contributed by atoms with Gasteiger partial charge in [0, 0.05) is 18.0 Å². The number of amides is 1. The number of carbonyl (C=O) groups excluding carboxylic acids is 1. The van der Waals surface area contributed by atoms with Crippen LogP contribution in [0.15, 0.2) is 34.2 Å². The molecule has 0 aliphatic heterocycles. The van der Waals surface area contributed by atoms with E-state index in [1.54, 1.807) is 4.57 Å². The van der Waals surface area contributed by atoms with E-state index in [1.165, 1.54) is 28.7 Å². The fraction of sp³-hybridized carbons (Fsp3) is 0.381. The summed E-state index contributed by atoms with van der Waals surface area (Å²) < 4.78 is 1.66. The number of hydrogen-bond donors (Lipinski definition) is 1. The van der Waals surface area contributed by atoms with E-state index < -0.39 is 0 Å². The van der Waals surface area contributed by atoms with Crippen molar-refractivity contribution in [1.29, 1.82) is 0 Å². The van der Waals surface area contributed by atoms with Crippen LogP contribution in [0.3, 0.4) is 0 Å².